The van der Waals surface area contributed by atoms with Crippen LogP contribution in [0.15, 0.2) is 0 Å². The standard InChI is InChI=1S/C18H36NO2/c1-4-5-6-7-8-9-10-11-12-13-14-15-17-19(20)18(2,3)16-21-17/h17H,4-16H2,1-3H3. The van der Waals surface area contributed by atoms with Crippen LogP contribution in [-0.4, -0.2) is 23.4 Å². The van der Waals surface area contributed by atoms with Crippen molar-refractivity contribution in [3.8, 4) is 0 Å². The predicted octanol–water partition coefficient (Wildman–Crippen LogP) is 5.47. The minimum absolute atomic E-state index is 0.196. The molecule has 3 nitrogen and oxygen atoms in total. The van der Waals surface area contributed by atoms with Gasteiger partial charge in [0, 0.05) is 0 Å². The van der Waals surface area contributed by atoms with E-state index in [0.29, 0.717) is 6.61 Å². The molecule has 0 aromatic carbocycles. The number of unbranched alkanes of at least 4 members (excludes halogenated alkanes) is 10. The molecule has 1 rings (SSSR count). The van der Waals surface area contributed by atoms with Gasteiger partial charge in [0.05, 0.1) is 12.1 Å². The van der Waals surface area contributed by atoms with Crippen LogP contribution >= 0.6 is 0 Å². The maximum absolute atomic E-state index is 11.9. The van der Waals surface area contributed by atoms with Crippen LogP contribution in [0.4, 0.5) is 0 Å². The van der Waals surface area contributed by atoms with Crippen molar-refractivity contribution in [2.24, 2.45) is 0 Å². The molecule has 0 amide bonds. The maximum Gasteiger partial charge on any atom is 0.136 e. The molecule has 1 aliphatic rings. The smallest absolute Gasteiger partial charge is 0.136 e. The summed E-state index contributed by atoms with van der Waals surface area (Å²) in [5, 5.41) is 13.1. The average Bonchev–Trinajstić information content (AvgIpc) is 2.71. The summed E-state index contributed by atoms with van der Waals surface area (Å²) >= 11 is 0. The van der Waals surface area contributed by atoms with E-state index in [0.717, 1.165) is 17.9 Å². The first-order valence-corrected chi connectivity index (χ1v) is 9.16. The van der Waals surface area contributed by atoms with E-state index in [-0.39, 0.29) is 11.8 Å². The highest BCUT2D eigenvalue weighted by Crippen LogP contribution is 2.27. The van der Waals surface area contributed by atoms with Gasteiger partial charge >= 0.3 is 0 Å². The van der Waals surface area contributed by atoms with Crippen molar-refractivity contribution in [1.29, 1.82) is 0 Å². The van der Waals surface area contributed by atoms with Gasteiger partial charge in [-0.05, 0) is 26.7 Å². The molecule has 1 unspecified atom stereocenters. The molecule has 1 fully saturated rings. The summed E-state index contributed by atoms with van der Waals surface area (Å²) in [4.78, 5) is 0. The SMILES string of the molecule is CCCCCCCCCCCCCC1OCC(C)(C)N1[O]. The highest BCUT2D eigenvalue weighted by Gasteiger charge is 2.40. The number of nitrogens with zero attached hydrogens (tertiary/aromatic N) is 1. The van der Waals surface area contributed by atoms with Gasteiger partial charge in [-0.1, -0.05) is 71.1 Å². The first-order chi connectivity index (χ1) is 10.1. The van der Waals surface area contributed by atoms with Crippen molar-refractivity contribution in [3.05, 3.63) is 0 Å². The zero-order valence-corrected chi connectivity index (χ0v) is 14.5. The molecule has 21 heavy (non-hydrogen) atoms. The lowest BCUT2D eigenvalue weighted by molar-refractivity contribution is -0.242. The van der Waals surface area contributed by atoms with E-state index < -0.39 is 0 Å². The third-order valence-corrected chi connectivity index (χ3v) is 4.54. The second-order valence-corrected chi connectivity index (χ2v) is 7.23. The van der Waals surface area contributed by atoms with Crippen LogP contribution in [0.1, 0.15) is 97.8 Å². The van der Waals surface area contributed by atoms with Crippen molar-refractivity contribution >= 4 is 0 Å². The van der Waals surface area contributed by atoms with Crippen molar-refractivity contribution in [2.75, 3.05) is 6.61 Å². The van der Waals surface area contributed by atoms with Crippen LogP contribution in [0.5, 0.6) is 0 Å². The largest absolute Gasteiger partial charge is 0.359 e. The van der Waals surface area contributed by atoms with Gasteiger partial charge in [0.1, 0.15) is 6.23 Å². The summed E-state index contributed by atoms with van der Waals surface area (Å²) in [5.74, 6) is 0. The van der Waals surface area contributed by atoms with Crippen LogP contribution in [0.2, 0.25) is 0 Å². The van der Waals surface area contributed by atoms with Crippen LogP contribution in [0, 0.1) is 0 Å². The molecule has 0 N–H and O–H groups in total. The van der Waals surface area contributed by atoms with E-state index in [9.17, 15) is 5.21 Å². The summed E-state index contributed by atoms with van der Waals surface area (Å²) < 4.78 is 5.59. The van der Waals surface area contributed by atoms with Crippen molar-refractivity contribution < 1.29 is 9.94 Å². The first kappa shape index (κ1) is 18.9. The molecule has 3 heteroatoms. The lowest BCUT2D eigenvalue weighted by Crippen LogP contribution is -2.40. The van der Waals surface area contributed by atoms with Gasteiger partial charge < -0.3 is 4.74 Å². The monoisotopic (exact) mass is 298 g/mol. The number of hydrogen-bond donors (Lipinski definition) is 0. The quantitative estimate of drug-likeness (QED) is 0.447. The first-order valence-electron chi connectivity index (χ1n) is 9.16. The number of ether oxygens (including phenoxy) is 1. The maximum atomic E-state index is 11.9. The lowest BCUT2D eigenvalue weighted by atomic mass is 10.0. The minimum atomic E-state index is -0.331. The van der Waals surface area contributed by atoms with E-state index in [1.807, 2.05) is 13.8 Å². The van der Waals surface area contributed by atoms with E-state index in [4.69, 9.17) is 4.74 Å². The Morgan fingerprint density at radius 3 is 1.81 bits per heavy atom. The van der Waals surface area contributed by atoms with E-state index in [1.54, 1.807) is 0 Å². The molecule has 1 heterocycles. The third-order valence-electron chi connectivity index (χ3n) is 4.54. The second kappa shape index (κ2) is 10.6. The Labute approximate surface area is 132 Å². The van der Waals surface area contributed by atoms with Crippen LogP contribution in [-0.2, 0) is 9.94 Å². The molecule has 0 spiro atoms. The Morgan fingerprint density at radius 2 is 1.38 bits per heavy atom. The number of hydrogen-bond acceptors (Lipinski definition) is 2. The van der Waals surface area contributed by atoms with Gasteiger partial charge in [0.15, 0.2) is 0 Å². The van der Waals surface area contributed by atoms with Gasteiger partial charge in [0.2, 0.25) is 0 Å². The van der Waals surface area contributed by atoms with E-state index in [2.05, 4.69) is 6.92 Å². The molecule has 1 atom stereocenters. The minimum Gasteiger partial charge on any atom is -0.359 e. The van der Waals surface area contributed by atoms with Gasteiger partial charge in [-0.15, -0.1) is 10.3 Å². The molecule has 125 valence electrons. The number of rotatable bonds is 12. The Hall–Kier alpha value is -0.120. The molecule has 0 aromatic heterocycles. The van der Waals surface area contributed by atoms with Gasteiger partial charge in [-0.3, -0.25) is 0 Å². The second-order valence-electron chi connectivity index (χ2n) is 7.23. The summed E-state index contributed by atoms with van der Waals surface area (Å²) in [6.07, 6.45) is 15.5. The fourth-order valence-electron chi connectivity index (χ4n) is 3.01. The average molecular weight is 298 g/mol. The van der Waals surface area contributed by atoms with Crippen molar-refractivity contribution in [1.82, 2.24) is 5.06 Å². The molecule has 0 saturated carbocycles. The van der Waals surface area contributed by atoms with Gasteiger partial charge in [0.25, 0.3) is 0 Å². The van der Waals surface area contributed by atoms with Crippen molar-refractivity contribution in [2.45, 2.75) is 110 Å². The summed E-state index contributed by atoms with van der Waals surface area (Å²) in [5.41, 5.74) is -0.331. The lowest BCUT2D eigenvalue weighted by Gasteiger charge is -2.23. The molecular weight excluding hydrogens is 262 g/mol. The molecule has 0 bridgehead atoms. The Kier molecular flexibility index (Phi) is 9.54. The van der Waals surface area contributed by atoms with Crippen LogP contribution in [0.25, 0.3) is 0 Å². The molecule has 0 aromatic rings. The fourth-order valence-corrected chi connectivity index (χ4v) is 3.01. The Bertz CT molecular complexity index is 256. The normalized spacial score (nSPS) is 22.0. The van der Waals surface area contributed by atoms with Crippen LogP contribution in [0.3, 0.4) is 0 Å². The van der Waals surface area contributed by atoms with Crippen molar-refractivity contribution in [3.63, 3.8) is 0 Å². The third kappa shape index (κ3) is 7.62. The number of hydroxylamine groups is 2. The topological polar surface area (TPSA) is 32.4 Å². The predicted molar refractivity (Wildman–Crippen MR) is 87.4 cm³/mol. The zero-order chi connectivity index (χ0) is 15.6. The molecule has 1 saturated heterocycles. The summed E-state index contributed by atoms with van der Waals surface area (Å²) in [6.45, 7) is 6.75. The van der Waals surface area contributed by atoms with E-state index in [1.165, 1.54) is 64.2 Å². The highest BCUT2D eigenvalue weighted by atomic mass is 16.6. The highest BCUT2D eigenvalue weighted by molar-refractivity contribution is 4.83. The Balaban J connectivity index is 1.85. The molecular formula is C18H36NO2. The zero-order valence-electron chi connectivity index (χ0n) is 14.5. The summed E-state index contributed by atoms with van der Waals surface area (Å²) in [7, 11) is 0. The van der Waals surface area contributed by atoms with Gasteiger partial charge in [-0.25, -0.2) is 0 Å². The van der Waals surface area contributed by atoms with Crippen LogP contribution < -0.4 is 0 Å². The molecule has 0 aliphatic carbocycles. The fraction of sp³-hybridized carbons (Fsp3) is 1.00. The summed E-state index contributed by atoms with van der Waals surface area (Å²) in [6, 6.07) is 0. The molecule has 1 radical (unpaired) electrons. The van der Waals surface area contributed by atoms with E-state index >= 15 is 0 Å². The Morgan fingerprint density at radius 1 is 0.905 bits per heavy atom. The van der Waals surface area contributed by atoms with Gasteiger partial charge in [-0.2, -0.15) is 0 Å². The molecule has 1 aliphatic heterocycles.